The van der Waals surface area contributed by atoms with E-state index < -0.39 is 50.8 Å². The van der Waals surface area contributed by atoms with Crippen LogP contribution >= 0.6 is 0 Å². The van der Waals surface area contributed by atoms with Crippen LogP contribution in [-0.2, 0) is 26.2 Å². The Morgan fingerprint density at radius 1 is 1.09 bits per heavy atom. The van der Waals surface area contributed by atoms with Crippen molar-refractivity contribution in [3.63, 3.8) is 0 Å². The van der Waals surface area contributed by atoms with Gasteiger partial charge in [-0.15, -0.1) is 13.2 Å². The molecule has 4 rings (SSSR count). The first kappa shape index (κ1) is 22.6. The number of anilines is 1. The van der Waals surface area contributed by atoms with Crippen molar-refractivity contribution in [2.45, 2.75) is 36.7 Å². The third-order valence-electron chi connectivity index (χ3n) is 5.18. The van der Waals surface area contributed by atoms with Crippen molar-refractivity contribution in [1.82, 2.24) is 10.2 Å². The lowest BCUT2D eigenvalue weighted by Gasteiger charge is -2.29. The molecule has 1 unspecified atom stereocenters. The zero-order valence-electron chi connectivity index (χ0n) is 16.7. The molecule has 2 heterocycles. The van der Waals surface area contributed by atoms with E-state index in [1.165, 1.54) is 23.1 Å². The number of ether oxygens (including phenoxy) is 1. The second-order valence-electron chi connectivity index (χ2n) is 7.36. The molecule has 13 heteroatoms. The molecule has 2 aromatic carbocycles. The number of carbonyl (C=O) groups is 3. The van der Waals surface area contributed by atoms with Crippen molar-refractivity contribution in [2.24, 2.45) is 0 Å². The van der Waals surface area contributed by atoms with Gasteiger partial charge in [-0.25, -0.2) is 8.42 Å². The average Bonchev–Trinajstić information content (AvgIpc) is 3.04. The van der Waals surface area contributed by atoms with E-state index in [-0.39, 0.29) is 30.6 Å². The van der Waals surface area contributed by atoms with E-state index in [9.17, 15) is 36.0 Å². The Kier molecular flexibility index (Phi) is 5.52. The third-order valence-corrected chi connectivity index (χ3v) is 6.54. The number of alkyl halides is 3. The van der Waals surface area contributed by atoms with E-state index in [0.717, 1.165) is 24.3 Å². The first-order chi connectivity index (χ1) is 15.4. The molecule has 0 bridgehead atoms. The van der Waals surface area contributed by atoms with Crippen LogP contribution in [0.2, 0.25) is 0 Å². The van der Waals surface area contributed by atoms with Gasteiger partial charge in [0.1, 0.15) is 11.8 Å². The van der Waals surface area contributed by atoms with Crippen LogP contribution in [0, 0.1) is 0 Å². The van der Waals surface area contributed by atoms with E-state index >= 15 is 0 Å². The monoisotopic (exact) mass is 483 g/mol. The summed E-state index contributed by atoms with van der Waals surface area (Å²) in [6, 6.07) is 7.29. The molecule has 0 aliphatic carbocycles. The van der Waals surface area contributed by atoms with Crippen molar-refractivity contribution in [2.75, 3.05) is 4.72 Å². The van der Waals surface area contributed by atoms with Crippen LogP contribution in [0.4, 0.5) is 18.9 Å². The van der Waals surface area contributed by atoms with Crippen LogP contribution < -0.4 is 14.8 Å². The summed E-state index contributed by atoms with van der Waals surface area (Å²) in [5.41, 5.74) is 0.519. The van der Waals surface area contributed by atoms with Crippen LogP contribution in [-0.4, -0.2) is 43.4 Å². The van der Waals surface area contributed by atoms with Gasteiger partial charge < -0.3 is 9.64 Å². The van der Waals surface area contributed by atoms with Gasteiger partial charge in [-0.3, -0.25) is 24.4 Å². The number of benzene rings is 2. The molecule has 3 amide bonds. The van der Waals surface area contributed by atoms with Crippen molar-refractivity contribution in [1.29, 1.82) is 0 Å². The maximum Gasteiger partial charge on any atom is 0.573 e. The van der Waals surface area contributed by atoms with E-state index in [1.54, 1.807) is 0 Å². The van der Waals surface area contributed by atoms with Gasteiger partial charge in [0.15, 0.2) is 0 Å². The molecule has 0 spiro atoms. The molecule has 1 fully saturated rings. The zero-order chi connectivity index (χ0) is 24.0. The summed E-state index contributed by atoms with van der Waals surface area (Å²) in [5.74, 6) is -2.26. The SMILES string of the molecule is O=C1CCC(N2Cc3c(NS(=O)(=O)c4cccc(OC(F)(F)F)c4)cccc3C2=O)C(=O)N1. The van der Waals surface area contributed by atoms with Crippen molar-refractivity contribution in [3.8, 4) is 5.75 Å². The second kappa shape index (κ2) is 8.06. The lowest BCUT2D eigenvalue weighted by molar-refractivity contribution is -0.274. The lowest BCUT2D eigenvalue weighted by atomic mass is 10.0. The first-order valence-corrected chi connectivity index (χ1v) is 11.1. The summed E-state index contributed by atoms with van der Waals surface area (Å²) in [6.07, 6.45) is -4.79. The third kappa shape index (κ3) is 4.62. The minimum Gasteiger partial charge on any atom is -0.406 e. The van der Waals surface area contributed by atoms with E-state index in [4.69, 9.17) is 0 Å². The minimum absolute atomic E-state index is 0.0396. The van der Waals surface area contributed by atoms with Gasteiger partial charge in [0.2, 0.25) is 11.8 Å². The quantitative estimate of drug-likeness (QED) is 0.629. The van der Waals surface area contributed by atoms with E-state index in [1.807, 2.05) is 0 Å². The summed E-state index contributed by atoms with van der Waals surface area (Å²) < 4.78 is 69.1. The van der Waals surface area contributed by atoms with Gasteiger partial charge in [-0.2, -0.15) is 0 Å². The predicted molar refractivity (Wildman–Crippen MR) is 106 cm³/mol. The number of piperidine rings is 1. The molecular formula is C20H16F3N3O6S. The van der Waals surface area contributed by atoms with Crippen molar-refractivity contribution >= 4 is 33.4 Å². The summed E-state index contributed by atoms with van der Waals surface area (Å²) in [5, 5.41) is 2.17. The molecule has 2 aromatic rings. The Labute approximate surface area is 185 Å². The number of amides is 3. The predicted octanol–water partition coefficient (Wildman–Crippen LogP) is 2.15. The average molecular weight is 483 g/mol. The number of fused-ring (bicyclic) bond motifs is 1. The molecule has 0 radical (unpaired) electrons. The number of imide groups is 1. The molecule has 174 valence electrons. The van der Waals surface area contributed by atoms with Crippen LogP contribution in [0.15, 0.2) is 47.4 Å². The highest BCUT2D eigenvalue weighted by atomic mass is 32.2. The molecule has 0 aromatic heterocycles. The number of hydrogen-bond donors (Lipinski definition) is 2. The molecule has 0 saturated carbocycles. The smallest absolute Gasteiger partial charge is 0.406 e. The summed E-state index contributed by atoms with van der Waals surface area (Å²) in [4.78, 5) is 37.2. The topological polar surface area (TPSA) is 122 Å². The maximum absolute atomic E-state index is 12.8. The number of hydrogen-bond acceptors (Lipinski definition) is 6. The first-order valence-electron chi connectivity index (χ1n) is 9.60. The molecule has 2 aliphatic heterocycles. The molecular weight excluding hydrogens is 467 g/mol. The summed E-state index contributed by atoms with van der Waals surface area (Å²) >= 11 is 0. The molecule has 9 nitrogen and oxygen atoms in total. The molecule has 1 atom stereocenters. The number of halogens is 3. The molecule has 1 saturated heterocycles. The fourth-order valence-corrected chi connectivity index (χ4v) is 4.85. The summed E-state index contributed by atoms with van der Waals surface area (Å²) in [7, 11) is -4.34. The number of sulfonamides is 1. The van der Waals surface area contributed by atoms with Gasteiger partial charge in [-0.1, -0.05) is 12.1 Å². The maximum atomic E-state index is 12.8. The minimum atomic E-state index is -4.99. The van der Waals surface area contributed by atoms with Crippen molar-refractivity contribution in [3.05, 3.63) is 53.6 Å². The number of rotatable bonds is 5. The Bertz CT molecular complexity index is 1260. The Morgan fingerprint density at radius 3 is 2.52 bits per heavy atom. The lowest BCUT2D eigenvalue weighted by Crippen LogP contribution is -2.52. The van der Waals surface area contributed by atoms with Gasteiger partial charge in [-0.05, 0) is 30.7 Å². The number of nitrogens with one attached hydrogen (secondary N) is 2. The molecule has 2 aliphatic rings. The van der Waals surface area contributed by atoms with E-state index in [0.29, 0.717) is 5.56 Å². The van der Waals surface area contributed by atoms with Gasteiger partial charge in [0.25, 0.3) is 15.9 Å². The van der Waals surface area contributed by atoms with Crippen molar-refractivity contribution < 1.29 is 40.7 Å². The van der Waals surface area contributed by atoms with Crippen LogP contribution in [0.25, 0.3) is 0 Å². The highest BCUT2D eigenvalue weighted by Gasteiger charge is 2.40. The zero-order valence-corrected chi connectivity index (χ0v) is 17.5. The van der Waals surface area contributed by atoms with Gasteiger partial charge in [0.05, 0.1) is 10.6 Å². The standard InChI is InChI=1S/C20H16F3N3O6S/c21-20(22,23)32-11-3-1-4-12(9-11)33(30,31)25-15-6-2-5-13-14(15)10-26(19(13)29)16-7-8-17(27)24-18(16)28/h1-6,9,16,25H,7-8,10H2,(H,24,27,28). The van der Waals surface area contributed by atoms with Crippen LogP contribution in [0.1, 0.15) is 28.8 Å². The van der Waals surface area contributed by atoms with Crippen LogP contribution in [0.3, 0.4) is 0 Å². The van der Waals surface area contributed by atoms with Gasteiger partial charge >= 0.3 is 6.36 Å². The number of nitrogens with zero attached hydrogens (tertiary/aromatic N) is 1. The molecule has 2 N–H and O–H groups in total. The highest BCUT2D eigenvalue weighted by molar-refractivity contribution is 7.92. The normalized spacial score (nSPS) is 18.7. The van der Waals surface area contributed by atoms with Gasteiger partial charge in [0, 0.05) is 30.2 Å². The van der Waals surface area contributed by atoms with E-state index in [2.05, 4.69) is 14.8 Å². The largest absolute Gasteiger partial charge is 0.573 e. The molecule has 33 heavy (non-hydrogen) atoms. The summed E-state index contributed by atoms with van der Waals surface area (Å²) in [6.45, 7) is -0.0869. The second-order valence-corrected chi connectivity index (χ2v) is 9.04. The Hall–Kier alpha value is -3.61. The van der Waals surface area contributed by atoms with Crippen LogP contribution in [0.5, 0.6) is 5.75 Å². The number of carbonyl (C=O) groups excluding carboxylic acids is 3. The Balaban J connectivity index is 1.60. The highest BCUT2D eigenvalue weighted by Crippen LogP contribution is 2.34. The fourth-order valence-electron chi connectivity index (χ4n) is 3.72. The fraction of sp³-hybridized carbons (Fsp3) is 0.250. The Morgan fingerprint density at radius 2 is 1.82 bits per heavy atom.